The average molecular weight is 328 g/mol. The van der Waals surface area contributed by atoms with E-state index in [1.54, 1.807) is 6.20 Å². The number of nitrogens with zero attached hydrogens (tertiary/aromatic N) is 3. The average Bonchev–Trinajstić information content (AvgIpc) is 3.10. The van der Waals surface area contributed by atoms with E-state index in [0.29, 0.717) is 12.1 Å². The summed E-state index contributed by atoms with van der Waals surface area (Å²) < 4.78 is 27.3. The number of amides is 1. The Morgan fingerprint density at radius 2 is 2.04 bits per heavy atom. The van der Waals surface area contributed by atoms with Gasteiger partial charge in [-0.15, -0.1) is 5.10 Å². The van der Waals surface area contributed by atoms with Crippen molar-refractivity contribution < 1.29 is 13.6 Å². The van der Waals surface area contributed by atoms with E-state index < -0.39 is 12.2 Å². The molecule has 0 spiro atoms. The maximum Gasteiger partial charge on any atom is 0.299 e. The molecule has 7 heteroatoms. The van der Waals surface area contributed by atoms with Crippen molar-refractivity contribution in [3.05, 3.63) is 46.9 Å². The van der Waals surface area contributed by atoms with E-state index in [1.807, 2.05) is 32.0 Å². The lowest BCUT2D eigenvalue weighted by atomic mass is 9.96. The lowest BCUT2D eigenvalue weighted by Crippen LogP contribution is -2.04. The second-order valence-electron chi connectivity index (χ2n) is 5.96. The molecule has 3 aromatic rings. The molecular formula is C17H14F2N4O. The number of anilines is 1. The zero-order valence-electron chi connectivity index (χ0n) is 13.1. The Labute approximate surface area is 136 Å². The molecule has 0 bridgehead atoms. The fourth-order valence-electron chi connectivity index (χ4n) is 3.18. The summed E-state index contributed by atoms with van der Waals surface area (Å²) in [5, 5.41) is 6.68. The number of benzene rings is 1. The van der Waals surface area contributed by atoms with Crippen LogP contribution in [0.4, 0.5) is 14.5 Å². The second-order valence-corrected chi connectivity index (χ2v) is 5.96. The molecule has 1 N–H and O–H groups in total. The van der Waals surface area contributed by atoms with Gasteiger partial charge in [0.05, 0.1) is 6.42 Å². The molecule has 1 aromatic carbocycles. The predicted molar refractivity (Wildman–Crippen MR) is 85.2 cm³/mol. The summed E-state index contributed by atoms with van der Waals surface area (Å²) in [6.07, 6.45) is -0.777. The molecule has 1 amide bonds. The van der Waals surface area contributed by atoms with Crippen molar-refractivity contribution in [1.82, 2.24) is 14.6 Å². The predicted octanol–water partition coefficient (Wildman–Crippen LogP) is 3.45. The first-order valence-corrected chi connectivity index (χ1v) is 7.52. The monoisotopic (exact) mass is 328 g/mol. The molecule has 5 nitrogen and oxygen atoms in total. The number of carbonyl (C=O) groups excluding carboxylic acids is 1. The van der Waals surface area contributed by atoms with Crippen molar-refractivity contribution in [1.29, 1.82) is 0 Å². The Bertz CT molecular complexity index is 994. The first-order valence-electron chi connectivity index (χ1n) is 7.52. The molecule has 0 unspecified atom stereocenters. The van der Waals surface area contributed by atoms with Crippen LogP contribution in [0.15, 0.2) is 24.4 Å². The van der Waals surface area contributed by atoms with Crippen LogP contribution in [-0.2, 0) is 11.2 Å². The molecule has 3 heterocycles. The van der Waals surface area contributed by atoms with Crippen LogP contribution < -0.4 is 5.32 Å². The van der Waals surface area contributed by atoms with Gasteiger partial charge in [0.25, 0.3) is 6.43 Å². The Morgan fingerprint density at radius 1 is 1.25 bits per heavy atom. The first-order chi connectivity index (χ1) is 11.4. The van der Waals surface area contributed by atoms with Crippen LogP contribution in [0.2, 0.25) is 0 Å². The fourth-order valence-corrected chi connectivity index (χ4v) is 3.18. The highest BCUT2D eigenvalue weighted by Crippen LogP contribution is 2.35. The van der Waals surface area contributed by atoms with Crippen molar-refractivity contribution in [2.75, 3.05) is 5.32 Å². The van der Waals surface area contributed by atoms with Gasteiger partial charge in [-0.05, 0) is 54.3 Å². The van der Waals surface area contributed by atoms with Crippen molar-refractivity contribution in [2.24, 2.45) is 0 Å². The van der Waals surface area contributed by atoms with Crippen LogP contribution in [0.3, 0.4) is 0 Å². The second kappa shape index (κ2) is 5.09. The van der Waals surface area contributed by atoms with Crippen molar-refractivity contribution in [3.8, 4) is 11.1 Å². The number of fused-ring (bicyclic) bond motifs is 2. The number of aryl methyl sites for hydroxylation is 2. The standard InChI is InChI=1S/C17H14F2N4O/c1-8-3-4-23-17(21-16(22-23)15(18)19)13(8)10-5-9(2)14-11(6-10)7-12(24)20-14/h3-6,15H,7H2,1-2H3,(H,20,24). The highest BCUT2D eigenvalue weighted by atomic mass is 19.3. The third-order valence-electron chi connectivity index (χ3n) is 4.25. The summed E-state index contributed by atoms with van der Waals surface area (Å²) in [4.78, 5) is 15.6. The topological polar surface area (TPSA) is 59.3 Å². The van der Waals surface area contributed by atoms with Crippen molar-refractivity contribution in [3.63, 3.8) is 0 Å². The number of alkyl halides is 2. The van der Waals surface area contributed by atoms with Crippen LogP contribution in [0, 0.1) is 13.8 Å². The van der Waals surface area contributed by atoms with Gasteiger partial charge in [-0.25, -0.2) is 18.3 Å². The van der Waals surface area contributed by atoms with E-state index in [-0.39, 0.29) is 5.91 Å². The third kappa shape index (κ3) is 2.16. The Hall–Kier alpha value is -2.83. The summed E-state index contributed by atoms with van der Waals surface area (Å²) >= 11 is 0. The molecule has 0 aliphatic carbocycles. The van der Waals surface area contributed by atoms with Crippen LogP contribution in [0.1, 0.15) is 28.9 Å². The molecule has 0 fully saturated rings. The molecule has 4 rings (SSSR count). The molecule has 122 valence electrons. The molecule has 24 heavy (non-hydrogen) atoms. The van der Waals surface area contributed by atoms with E-state index in [2.05, 4.69) is 15.4 Å². The van der Waals surface area contributed by atoms with E-state index in [4.69, 9.17) is 0 Å². The molecular weight excluding hydrogens is 314 g/mol. The summed E-state index contributed by atoms with van der Waals surface area (Å²) in [5.74, 6) is -0.528. The summed E-state index contributed by atoms with van der Waals surface area (Å²) in [5.41, 5.74) is 5.58. The number of nitrogens with one attached hydrogen (secondary N) is 1. The molecule has 1 aliphatic rings. The molecule has 0 radical (unpaired) electrons. The van der Waals surface area contributed by atoms with E-state index in [0.717, 1.165) is 33.5 Å². The summed E-state index contributed by atoms with van der Waals surface area (Å²) in [6.45, 7) is 3.82. The van der Waals surface area contributed by atoms with Gasteiger partial charge < -0.3 is 5.32 Å². The highest BCUT2D eigenvalue weighted by Gasteiger charge is 2.23. The SMILES string of the molecule is Cc1cc(-c2c(C)ccn3nc(C(F)F)nc23)cc2c1NC(=O)C2. The van der Waals surface area contributed by atoms with Gasteiger partial charge in [0.1, 0.15) is 0 Å². The summed E-state index contributed by atoms with van der Waals surface area (Å²) in [6, 6.07) is 5.67. The van der Waals surface area contributed by atoms with Crippen molar-refractivity contribution in [2.45, 2.75) is 26.7 Å². The highest BCUT2D eigenvalue weighted by molar-refractivity contribution is 6.01. The smallest absolute Gasteiger partial charge is 0.299 e. The number of hydrogen-bond acceptors (Lipinski definition) is 3. The Morgan fingerprint density at radius 3 is 2.79 bits per heavy atom. The normalized spacial score (nSPS) is 13.6. The Balaban J connectivity index is 1.97. The number of hydrogen-bond donors (Lipinski definition) is 1. The minimum atomic E-state index is -2.72. The van der Waals surface area contributed by atoms with Crippen LogP contribution in [-0.4, -0.2) is 20.5 Å². The number of halogens is 2. The first kappa shape index (κ1) is 14.7. The van der Waals surface area contributed by atoms with Crippen molar-refractivity contribution >= 4 is 17.2 Å². The number of pyridine rings is 1. The van der Waals surface area contributed by atoms with E-state index in [9.17, 15) is 13.6 Å². The van der Waals surface area contributed by atoms with E-state index >= 15 is 0 Å². The largest absolute Gasteiger partial charge is 0.325 e. The molecule has 1 aliphatic heterocycles. The molecule has 0 atom stereocenters. The maximum absolute atomic E-state index is 12.9. The van der Waals surface area contributed by atoms with Gasteiger partial charge in [0.15, 0.2) is 5.65 Å². The zero-order chi connectivity index (χ0) is 17.0. The molecule has 0 saturated heterocycles. The number of aromatic nitrogens is 3. The quantitative estimate of drug-likeness (QED) is 0.784. The number of rotatable bonds is 2. The van der Waals surface area contributed by atoms with Gasteiger partial charge in [-0.1, -0.05) is 0 Å². The van der Waals surface area contributed by atoms with E-state index in [1.165, 1.54) is 4.52 Å². The Kier molecular flexibility index (Phi) is 3.13. The van der Waals surface area contributed by atoms with Crippen LogP contribution in [0.5, 0.6) is 0 Å². The minimum absolute atomic E-state index is 0.0392. The zero-order valence-corrected chi connectivity index (χ0v) is 13.1. The lowest BCUT2D eigenvalue weighted by Gasteiger charge is -2.11. The minimum Gasteiger partial charge on any atom is -0.325 e. The maximum atomic E-state index is 12.9. The molecule has 2 aromatic heterocycles. The fraction of sp³-hybridized carbons (Fsp3) is 0.235. The molecule has 0 saturated carbocycles. The van der Waals surface area contributed by atoms with Gasteiger partial charge in [0.2, 0.25) is 11.7 Å². The van der Waals surface area contributed by atoms with Crippen LogP contribution >= 0.6 is 0 Å². The number of carbonyl (C=O) groups is 1. The third-order valence-corrected chi connectivity index (χ3v) is 4.25. The van der Waals surface area contributed by atoms with Gasteiger partial charge in [-0.3, -0.25) is 4.79 Å². The summed E-state index contributed by atoms with van der Waals surface area (Å²) in [7, 11) is 0. The lowest BCUT2D eigenvalue weighted by molar-refractivity contribution is -0.115. The van der Waals surface area contributed by atoms with Crippen LogP contribution in [0.25, 0.3) is 16.8 Å². The van der Waals surface area contributed by atoms with Gasteiger partial charge >= 0.3 is 0 Å². The van der Waals surface area contributed by atoms with Gasteiger partial charge in [-0.2, -0.15) is 0 Å². The van der Waals surface area contributed by atoms with Gasteiger partial charge in [0, 0.05) is 17.4 Å².